The molecule has 5 atom stereocenters. The molecule has 33 heavy (non-hydrogen) atoms. The van der Waals surface area contributed by atoms with Gasteiger partial charge in [-0.3, -0.25) is 14.4 Å². The minimum atomic E-state index is -4.83. The van der Waals surface area contributed by atoms with Crippen molar-refractivity contribution in [2.75, 3.05) is 11.5 Å². The Balaban J connectivity index is 1.49. The number of fused-ring (bicyclic) bond motifs is 5. The second-order valence-corrected chi connectivity index (χ2v) is 9.74. The standard InChI is InChI=1S/C23H21F3N2O5/c1-21-8-15(20(31)32-10-11-3-4-11)22(2,33-21)17-16(21)18(29)28(19(17)30)13-6-5-12(9-27)14(7-13)23(24,25)26/h5-7,11,15-17H,3-4,8,10H2,1-2H3/t15-,16+,17-,21?,22?/m0/s1. The molecule has 1 aromatic carbocycles. The molecule has 4 aliphatic rings. The van der Waals surface area contributed by atoms with Gasteiger partial charge in [0.05, 0.1) is 58.4 Å². The Morgan fingerprint density at radius 3 is 2.52 bits per heavy atom. The first-order valence-electron chi connectivity index (χ1n) is 10.8. The highest BCUT2D eigenvalue weighted by Crippen LogP contribution is 2.63. The van der Waals surface area contributed by atoms with Crippen molar-refractivity contribution in [3.05, 3.63) is 29.3 Å². The van der Waals surface area contributed by atoms with Crippen molar-refractivity contribution >= 4 is 23.5 Å². The Morgan fingerprint density at radius 2 is 1.91 bits per heavy atom. The monoisotopic (exact) mass is 462 g/mol. The predicted molar refractivity (Wildman–Crippen MR) is 105 cm³/mol. The van der Waals surface area contributed by atoms with Crippen LogP contribution >= 0.6 is 0 Å². The molecule has 4 fully saturated rings. The Labute approximate surface area is 187 Å². The Bertz CT molecular complexity index is 1120. The lowest BCUT2D eigenvalue weighted by Crippen LogP contribution is -2.49. The third kappa shape index (κ3) is 3.09. The van der Waals surface area contributed by atoms with Crippen LogP contribution in [0.4, 0.5) is 18.9 Å². The van der Waals surface area contributed by atoms with E-state index in [0.717, 1.165) is 29.9 Å². The fourth-order valence-corrected chi connectivity index (χ4v) is 5.72. The topological polar surface area (TPSA) is 96.7 Å². The number of esters is 1. The summed E-state index contributed by atoms with van der Waals surface area (Å²) in [5.74, 6) is -4.21. The summed E-state index contributed by atoms with van der Waals surface area (Å²) < 4.78 is 51.9. The Morgan fingerprint density at radius 1 is 1.24 bits per heavy atom. The second kappa shape index (κ2) is 6.79. The van der Waals surface area contributed by atoms with E-state index in [1.807, 2.05) is 0 Å². The summed E-state index contributed by atoms with van der Waals surface area (Å²) in [6.45, 7) is 3.56. The molecule has 1 aliphatic carbocycles. The molecule has 2 amide bonds. The van der Waals surface area contributed by atoms with E-state index in [2.05, 4.69) is 0 Å². The number of benzene rings is 1. The van der Waals surface area contributed by atoms with Crippen molar-refractivity contribution in [1.82, 2.24) is 0 Å². The molecule has 174 valence electrons. The van der Waals surface area contributed by atoms with Crippen LogP contribution in [0.25, 0.3) is 0 Å². The smallest absolute Gasteiger partial charge is 0.417 e. The Hall–Kier alpha value is -2.93. The predicted octanol–water partition coefficient (Wildman–Crippen LogP) is 3.20. The summed E-state index contributed by atoms with van der Waals surface area (Å²) in [5.41, 5.74) is -4.51. The summed E-state index contributed by atoms with van der Waals surface area (Å²) in [6.07, 6.45) is -2.65. The first kappa shape index (κ1) is 21.9. The number of carbonyl (C=O) groups excluding carboxylic acids is 3. The maximum absolute atomic E-state index is 13.4. The summed E-state index contributed by atoms with van der Waals surface area (Å²) >= 11 is 0. The van der Waals surface area contributed by atoms with Crippen molar-refractivity contribution in [2.24, 2.45) is 23.7 Å². The molecule has 2 unspecified atom stereocenters. The number of ether oxygens (including phenoxy) is 2. The van der Waals surface area contributed by atoms with E-state index in [1.165, 1.54) is 6.07 Å². The van der Waals surface area contributed by atoms with Gasteiger partial charge in [0, 0.05) is 0 Å². The van der Waals surface area contributed by atoms with Crippen LogP contribution < -0.4 is 4.90 Å². The van der Waals surface area contributed by atoms with Crippen LogP contribution in [0.15, 0.2) is 18.2 Å². The number of nitriles is 1. The molecule has 5 rings (SSSR count). The summed E-state index contributed by atoms with van der Waals surface area (Å²) in [7, 11) is 0. The molecule has 0 spiro atoms. The van der Waals surface area contributed by atoms with Gasteiger partial charge in [0.2, 0.25) is 11.8 Å². The van der Waals surface area contributed by atoms with Gasteiger partial charge in [-0.05, 0) is 57.2 Å². The quantitative estimate of drug-likeness (QED) is 0.504. The van der Waals surface area contributed by atoms with Crippen LogP contribution in [0.5, 0.6) is 0 Å². The molecule has 10 heteroatoms. The van der Waals surface area contributed by atoms with E-state index in [9.17, 15) is 27.6 Å². The number of nitrogens with zero attached hydrogens (tertiary/aromatic N) is 2. The number of alkyl halides is 3. The number of hydrogen-bond donors (Lipinski definition) is 0. The van der Waals surface area contributed by atoms with Crippen molar-refractivity contribution < 1.29 is 37.0 Å². The highest BCUT2D eigenvalue weighted by Gasteiger charge is 2.77. The number of amides is 2. The van der Waals surface area contributed by atoms with Gasteiger partial charge in [-0.25, -0.2) is 4.90 Å². The van der Waals surface area contributed by atoms with Crippen LogP contribution in [-0.2, 0) is 30.0 Å². The maximum atomic E-state index is 13.4. The highest BCUT2D eigenvalue weighted by molar-refractivity contribution is 6.23. The van der Waals surface area contributed by atoms with Gasteiger partial charge in [0.1, 0.15) is 0 Å². The van der Waals surface area contributed by atoms with Crippen LogP contribution in [0.3, 0.4) is 0 Å². The second-order valence-electron chi connectivity index (χ2n) is 9.74. The average Bonchev–Trinajstić information content (AvgIpc) is 3.41. The molecule has 3 saturated heterocycles. The molecule has 3 heterocycles. The zero-order chi connectivity index (χ0) is 23.9. The van der Waals surface area contributed by atoms with E-state index < -0.39 is 64.0 Å². The molecule has 1 saturated carbocycles. The first-order chi connectivity index (χ1) is 15.4. The number of anilines is 1. The van der Waals surface area contributed by atoms with E-state index in [4.69, 9.17) is 14.7 Å². The Kier molecular flexibility index (Phi) is 4.51. The van der Waals surface area contributed by atoms with Crippen molar-refractivity contribution in [1.29, 1.82) is 5.26 Å². The van der Waals surface area contributed by atoms with Crippen LogP contribution in [-0.4, -0.2) is 35.6 Å². The van der Waals surface area contributed by atoms with Crippen molar-refractivity contribution in [3.63, 3.8) is 0 Å². The summed E-state index contributed by atoms with van der Waals surface area (Å²) in [6, 6.07) is 4.22. The lowest BCUT2D eigenvalue weighted by Gasteiger charge is -2.33. The van der Waals surface area contributed by atoms with Gasteiger partial charge >= 0.3 is 12.1 Å². The van der Waals surface area contributed by atoms with E-state index >= 15 is 0 Å². The fourth-order valence-electron chi connectivity index (χ4n) is 5.72. The molecule has 1 aromatic rings. The molecular weight excluding hydrogens is 441 g/mol. The lowest BCUT2D eigenvalue weighted by molar-refractivity contribution is -0.157. The number of hydrogen-bond acceptors (Lipinski definition) is 6. The van der Waals surface area contributed by atoms with Gasteiger partial charge in [-0.2, -0.15) is 18.4 Å². The SMILES string of the molecule is CC12C[C@@H](C(=O)OCC3CC3)C(C)(O1)[C@@H]1C(=O)N(c3ccc(C#N)c(C(F)(F)F)c3)C(=O)[C@@H]12. The van der Waals surface area contributed by atoms with Crippen LogP contribution in [0.2, 0.25) is 0 Å². The zero-order valence-corrected chi connectivity index (χ0v) is 17.9. The van der Waals surface area contributed by atoms with Crippen molar-refractivity contribution in [3.8, 4) is 6.07 Å². The summed E-state index contributed by atoms with van der Waals surface area (Å²) in [4.78, 5) is 40.3. The largest absolute Gasteiger partial charge is 0.465 e. The number of halogens is 3. The van der Waals surface area contributed by atoms with Crippen LogP contribution in [0.1, 0.15) is 44.2 Å². The maximum Gasteiger partial charge on any atom is 0.417 e. The first-order valence-corrected chi connectivity index (χ1v) is 10.8. The lowest BCUT2D eigenvalue weighted by atomic mass is 9.64. The van der Waals surface area contributed by atoms with Crippen molar-refractivity contribution in [2.45, 2.75) is 50.5 Å². The van der Waals surface area contributed by atoms with E-state index in [0.29, 0.717) is 18.6 Å². The number of carbonyl (C=O) groups is 3. The number of rotatable bonds is 4. The van der Waals surface area contributed by atoms with Crippen LogP contribution in [0, 0.1) is 35.0 Å². The molecule has 0 aromatic heterocycles. The number of imide groups is 1. The van der Waals surface area contributed by atoms with E-state index in [-0.39, 0.29) is 12.1 Å². The van der Waals surface area contributed by atoms with E-state index in [1.54, 1.807) is 13.8 Å². The summed E-state index contributed by atoms with van der Waals surface area (Å²) in [5, 5.41) is 9.02. The molecule has 0 N–H and O–H groups in total. The van der Waals surface area contributed by atoms with Gasteiger partial charge in [0.25, 0.3) is 0 Å². The zero-order valence-electron chi connectivity index (χ0n) is 17.9. The molecular formula is C23H21F3N2O5. The molecule has 7 nitrogen and oxygen atoms in total. The third-order valence-electron chi connectivity index (χ3n) is 7.47. The molecule has 0 radical (unpaired) electrons. The third-order valence-corrected chi connectivity index (χ3v) is 7.47. The van der Waals surface area contributed by atoms with Gasteiger partial charge in [-0.15, -0.1) is 0 Å². The molecule has 2 bridgehead atoms. The van der Waals surface area contributed by atoms with Gasteiger partial charge in [-0.1, -0.05) is 0 Å². The molecule has 3 aliphatic heterocycles. The van der Waals surface area contributed by atoms with Gasteiger partial charge in [0.15, 0.2) is 0 Å². The highest BCUT2D eigenvalue weighted by atomic mass is 19.4. The fraction of sp³-hybridized carbons (Fsp3) is 0.565. The van der Waals surface area contributed by atoms with Gasteiger partial charge < -0.3 is 9.47 Å². The minimum Gasteiger partial charge on any atom is -0.465 e. The normalized spacial score (nSPS) is 35.0. The average molecular weight is 462 g/mol. The minimum absolute atomic E-state index is 0.183.